The van der Waals surface area contributed by atoms with Crippen LogP contribution in [0.5, 0.6) is 0 Å². The van der Waals surface area contributed by atoms with Crippen molar-refractivity contribution in [3.05, 3.63) is 29.3 Å². The highest BCUT2D eigenvalue weighted by Crippen LogP contribution is 2.25. The second kappa shape index (κ2) is 6.09. The summed E-state index contributed by atoms with van der Waals surface area (Å²) in [5.41, 5.74) is 4.03. The van der Waals surface area contributed by atoms with Gasteiger partial charge in [0.05, 0.1) is 13.0 Å². The smallest absolute Gasteiger partial charge is 0.310 e. The molecule has 0 fully saturated rings. The summed E-state index contributed by atoms with van der Waals surface area (Å²) in [7, 11) is 1.45. The number of carbonyl (C=O) groups excluding carboxylic acids is 1. The summed E-state index contributed by atoms with van der Waals surface area (Å²) < 4.78 is 4.86. The summed E-state index contributed by atoms with van der Waals surface area (Å²) in [6.07, 6.45) is 3.64. The van der Waals surface area contributed by atoms with Crippen molar-refractivity contribution in [1.82, 2.24) is 0 Å². The van der Waals surface area contributed by atoms with Crippen molar-refractivity contribution in [2.75, 3.05) is 19.0 Å². The molecule has 1 aromatic rings. The summed E-state index contributed by atoms with van der Waals surface area (Å²) in [6, 6.07) is 6.53. The number of hydrogen-bond donors (Lipinski definition) is 1. The van der Waals surface area contributed by atoms with Crippen molar-refractivity contribution in [1.29, 1.82) is 0 Å². The van der Waals surface area contributed by atoms with E-state index in [0.29, 0.717) is 6.54 Å². The van der Waals surface area contributed by atoms with Crippen LogP contribution < -0.4 is 5.32 Å². The average molecular weight is 261 g/mol. The number of fused-ring (bicyclic) bond motifs is 1. The number of rotatable bonds is 5. The lowest BCUT2D eigenvalue weighted by molar-refractivity contribution is -0.146. The summed E-state index contributed by atoms with van der Waals surface area (Å²) in [5.74, 6) is 0.0382. The van der Waals surface area contributed by atoms with Gasteiger partial charge in [0.1, 0.15) is 0 Å². The van der Waals surface area contributed by atoms with Crippen LogP contribution in [0.1, 0.15) is 31.4 Å². The van der Waals surface area contributed by atoms with Crippen LogP contribution >= 0.6 is 0 Å². The van der Waals surface area contributed by atoms with Crippen LogP contribution in [-0.4, -0.2) is 19.6 Å². The summed E-state index contributed by atoms with van der Waals surface area (Å²) in [4.78, 5) is 11.7. The van der Waals surface area contributed by atoms with Crippen molar-refractivity contribution < 1.29 is 9.53 Å². The number of methoxy groups -OCH3 is 1. The number of carbonyl (C=O) groups is 1. The molecule has 0 spiro atoms. The Kier molecular flexibility index (Phi) is 4.46. The van der Waals surface area contributed by atoms with Gasteiger partial charge in [-0.1, -0.05) is 19.9 Å². The van der Waals surface area contributed by atoms with Gasteiger partial charge in [-0.05, 0) is 48.4 Å². The zero-order valence-corrected chi connectivity index (χ0v) is 12.0. The Hall–Kier alpha value is -1.51. The van der Waals surface area contributed by atoms with Gasteiger partial charge in [-0.15, -0.1) is 0 Å². The van der Waals surface area contributed by atoms with E-state index in [4.69, 9.17) is 4.74 Å². The molecule has 1 N–H and O–H groups in total. The molecule has 1 atom stereocenters. The zero-order valence-electron chi connectivity index (χ0n) is 12.0. The molecular weight excluding hydrogens is 238 g/mol. The molecule has 2 rings (SSSR count). The van der Waals surface area contributed by atoms with Crippen molar-refractivity contribution in [2.45, 2.75) is 33.1 Å². The fraction of sp³-hybridized carbons (Fsp3) is 0.562. The van der Waals surface area contributed by atoms with Crippen molar-refractivity contribution in [3.63, 3.8) is 0 Å². The lowest BCUT2D eigenvalue weighted by Crippen LogP contribution is -2.28. The molecule has 1 aliphatic carbocycles. The second-order valence-corrected chi connectivity index (χ2v) is 5.59. The predicted molar refractivity (Wildman–Crippen MR) is 77.3 cm³/mol. The quantitative estimate of drug-likeness (QED) is 0.828. The number of aryl methyl sites for hydroxylation is 2. The van der Waals surface area contributed by atoms with Crippen molar-refractivity contribution in [2.24, 2.45) is 11.8 Å². The highest BCUT2D eigenvalue weighted by atomic mass is 16.5. The van der Waals surface area contributed by atoms with Gasteiger partial charge in [0.15, 0.2) is 0 Å². The van der Waals surface area contributed by atoms with Crippen LogP contribution in [0.2, 0.25) is 0 Å². The molecule has 1 aliphatic rings. The molecule has 3 heteroatoms. The Morgan fingerprint density at radius 1 is 1.32 bits per heavy atom. The van der Waals surface area contributed by atoms with Crippen molar-refractivity contribution >= 4 is 11.7 Å². The summed E-state index contributed by atoms with van der Waals surface area (Å²) >= 11 is 0. The van der Waals surface area contributed by atoms with E-state index in [9.17, 15) is 4.79 Å². The molecule has 3 nitrogen and oxygen atoms in total. The van der Waals surface area contributed by atoms with Gasteiger partial charge in [-0.3, -0.25) is 4.79 Å². The normalized spacial score (nSPS) is 15.2. The molecule has 1 aromatic carbocycles. The molecule has 0 bridgehead atoms. The van der Waals surface area contributed by atoms with E-state index in [-0.39, 0.29) is 17.8 Å². The first-order valence-corrected chi connectivity index (χ1v) is 7.05. The Balaban J connectivity index is 1.99. The third-order valence-electron chi connectivity index (χ3n) is 3.93. The van der Waals surface area contributed by atoms with Gasteiger partial charge < -0.3 is 10.1 Å². The third-order valence-corrected chi connectivity index (χ3v) is 3.93. The summed E-state index contributed by atoms with van der Waals surface area (Å²) in [6.45, 7) is 4.72. The first kappa shape index (κ1) is 13.9. The van der Waals surface area contributed by atoms with E-state index < -0.39 is 0 Å². The Morgan fingerprint density at radius 2 is 2.05 bits per heavy atom. The van der Waals surface area contributed by atoms with E-state index in [0.717, 1.165) is 5.69 Å². The van der Waals surface area contributed by atoms with E-state index in [1.54, 1.807) is 0 Å². The van der Waals surface area contributed by atoms with E-state index in [1.165, 1.54) is 37.5 Å². The largest absolute Gasteiger partial charge is 0.469 e. The fourth-order valence-corrected chi connectivity index (χ4v) is 2.65. The lowest BCUT2D eigenvalue weighted by Gasteiger charge is -2.19. The molecule has 19 heavy (non-hydrogen) atoms. The van der Waals surface area contributed by atoms with E-state index in [1.807, 2.05) is 13.8 Å². The minimum absolute atomic E-state index is 0.0988. The van der Waals surface area contributed by atoms with Crippen LogP contribution in [0, 0.1) is 11.8 Å². The number of anilines is 1. The molecule has 0 heterocycles. The van der Waals surface area contributed by atoms with Crippen LogP contribution in [0.3, 0.4) is 0 Å². The number of esters is 1. The Bertz CT molecular complexity index is 454. The van der Waals surface area contributed by atoms with Gasteiger partial charge in [0.25, 0.3) is 0 Å². The SMILES string of the molecule is COC(=O)C(CNc1ccc2c(c1)CCC2)C(C)C. The Morgan fingerprint density at radius 3 is 2.74 bits per heavy atom. The van der Waals surface area contributed by atoms with Gasteiger partial charge in [0, 0.05) is 12.2 Å². The number of hydrogen-bond acceptors (Lipinski definition) is 3. The molecule has 0 radical (unpaired) electrons. The maximum atomic E-state index is 11.7. The minimum atomic E-state index is -0.135. The molecule has 1 unspecified atom stereocenters. The maximum Gasteiger partial charge on any atom is 0.310 e. The van der Waals surface area contributed by atoms with Gasteiger partial charge >= 0.3 is 5.97 Å². The van der Waals surface area contributed by atoms with Gasteiger partial charge in [-0.2, -0.15) is 0 Å². The molecular formula is C16H23NO2. The molecule has 104 valence electrons. The van der Waals surface area contributed by atoms with Crippen LogP contribution in [0.25, 0.3) is 0 Å². The highest BCUT2D eigenvalue weighted by Gasteiger charge is 2.22. The number of ether oxygens (including phenoxy) is 1. The second-order valence-electron chi connectivity index (χ2n) is 5.59. The standard InChI is InChI=1S/C16H23NO2/c1-11(2)15(16(18)19-3)10-17-14-8-7-12-5-4-6-13(12)9-14/h7-9,11,15,17H,4-6,10H2,1-3H3. The molecule has 0 aliphatic heterocycles. The molecule has 0 saturated carbocycles. The zero-order chi connectivity index (χ0) is 13.8. The van der Waals surface area contributed by atoms with Crippen LogP contribution in [0.15, 0.2) is 18.2 Å². The topological polar surface area (TPSA) is 38.3 Å². The highest BCUT2D eigenvalue weighted by molar-refractivity contribution is 5.73. The number of benzene rings is 1. The first-order chi connectivity index (χ1) is 9.11. The van der Waals surface area contributed by atoms with Crippen LogP contribution in [0.4, 0.5) is 5.69 Å². The first-order valence-electron chi connectivity index (χ1n) is 7.05. The van der Waals surface area contributed by atoms with Crippen molar-refractivity contribution in [3.8, 4) is 0 Å². The predicted octanol–water partition coefficient (Wildman–Crippen LogP) is 3.03. The van der Waals surface area contributed by atoms with Crippen LogP contribution in [-0.2, 0) is 22.4 Å². The summed E-state index contributed by atoms with van der Waals surface area (Å²) in [5, 5.41) is 3.37. The molecule has 0 saturated heterocycles. The monoisotopic (exact) mass is 261 g/mol. The van der Waals surface area contributed by atoms with E-state index >= 15 is 0 Å². The van der Waals surface area contributed by atoms with Gasteiger partial charge in [0.2, 0.25) is 0 Å². The Labute approximate surface area is 115 Å². The average Bonchev–Trinajstić information content (AvgIpc) is 2.85. The van der Waals surface area contributed by atoms with E-state index in [2.05, 4.69) is 23.5 Å². The minimum Gasteiger partial charge on any atom is -0.469 e. The lowest BCUT2D eigenvalue weighted by atomic mass is 9.96. The molecule has 0 amide bonds. The van der Waals surface area contributed by atoms with Gasteiger partial charge in [-0.25, -0.2) is 0 Å². The number of nitrogens with one attached hydrogen (secondary N) is 1. The molecule has 0 aromatic heterocycles. The fourth-order valence-electron chi connectivity index (χ4n) is 2.65. The maximum absolute atomic E-state index is 11.7. The third kappa shape index (κ3) is 3.28.